The molecule has 1 aromatic heterocycles. The summed E-state index contributed by atoms with van der Waals surface area (Å²) in [6.07, 6.45) is 0. The molecule has 0 aliphatic carbocycles. The molecule has 0 spiro atoms. The molecule has 0 saturated heterocycles. The van der Waals surface area contributed by atoms with Crippen molar-refractivity contribution in [3.8, 4) is 0 Å². The Morgan fingerprint density at radius 2 is 2.36 bits per heavy atom. The zero-order valence-corrected chi connectivity index (χ0v) is 10.3. The Hall–Kier alpha value is -0.190. The average molecular weight is 293 g/mol. The molecule has 14 heavy (non-hydrogen) atoms. The molecular formula is C9H7BrClNOS. The maximum absolute atomic E-state index is 5.84. The molecule has 1 heterocycles. The maximum atomic E-state index is 5.84. The number of rotatable bonds is 3. The Morgan fingerprint density at radius 1 is 1.50 bits per heavy atom. The van der Waals surface area contributed by atoms with Gasteiger partial charge in [0.1, 0.15) is 5.52 Å². The van der Waals surface area contributed by atoms with Crippen molar-refractivity contribution in [1.82, 2.24) is 4.98 Å². The van der Waals surface area contributed by atoms with E-state index < -0.39 is 0 Å². The van der Waals surface area contributed by atoms with Crippen LogP contribution in [0.5, 0.6) is 0 Å². The van der Waals surface area contributed by atoms with Crippen molar-refractivity contribution in [1.29, 1.82) is 0 Å². The largest absolute Gasteiger partial charge is 0.431 e. The predicted molar refractivity (Wildman–Crippen MR) is 63.5 cm³/mol. The highest BCUT2D eigenvalue weighted by atomic mass is 79.9. The molecule has 0 saturated carbocycles. The Morgan fingerprint density at radius 3 is 3.14 bits per heavy atom. The second kappa shape index (κ2) is 4.55. The van der Waals surface area contributed by atoms with Crippen LogP contribution in [0.15, 0.2) is 27.8 Å². The van der Waals surface area contributed by atoms with Gasteiger partial charge in [0.25, 0.3) is 5.22 Å². The summed E-state index contributed by atoms with van der Waals surface area (Å²) in [6.45, 7) is 0. The second-order valence-corrected chi connectivity index (χ2v) is 4.90. The van der Waals surface area contributed by atoms with E-state index in [1.54, 1.807) is 23.9 Å². The number of hydrogen-bond acceptors (Lipinski definition) is 3. The van der Waals surface area contributed by atoms with E-state index >= 15 is 0 Å². The molecule has 0 radical (unpaired) electrons. The number of fused-ring (bicyclic) bond motifs is 1. The van der Waals surface area contributed by atoms with Gasteiger partial charge in [-0.2, -0.15) is 0 Å². The summed E-state index contributed by atoms with van der Waals surface area (Å²) in [5.74, 6) is 0.945. The van der Waals surface area contributed by atoms with Gasteiger partial charge in [0.05, 0.1) is 0 Å². The number of halogens is 2. The van der Waals surface area contributed by atoms with Gasteiger partial charge in [0.2, 0.25) is 0 Å². The first-order chi connectivity index (χ1) is 6.79. The lowest BCUT2D eigenvalue weighted by Gasteiger charge is -1.88. The highest BCUT2D eigenvalue weighted by molar-refractivity contribution is 9.09. The molecule has 0 N–H and O–H groups in total. The smallest absolute Gasteiger partial charge is 0.256 e. The van der Waals surface area contributed by atoms with Crippen molar-refractivity contribution < 1.29 is 4.42 Å². The summed E-state index contributed by atoms with van der Waals surface area (Å²) in [5, 5.41) is 2.31. The molecule has 0 aliphatic rings. The highest BCUT2D eigenvalue weighted by Gasteiger charge is 2.05. The van der Waals surface area contributed by atoms with Crippen LogP contribution in [0.1, 0.15) is 0 Å². The van der Waals surface area contributed by atoms with Crippen LogP contribution >= 0.6 is 39.3 Å². The van der Waals surface area contributed by atoms with E-state index in [2.05, 4.69) is 20.9 Å². The predicted octanol–water partition coefficient (Wildman–Crippen LogP) is 3.97. The van der Waals surface area contributed by atoms with E-state index in [-0.39, 0.29) is 0 Å². The van der Waals surface area contributed by atoms with E-state index in [9.17, 15) is 0 Å². The number of oxazole rings is 1. The van der Waals surface area contributed by atoms with Gasteiger partial charge in [-0.25, -0.2) is 4.98 Å². The maximum Gasteiger partial charge on any atom is 0.256 e. The average Bonchev–Trinajstić information content (AvgIpc) is 2.56. The number of aromatic nitrogens is 1. The Kier molecular flexibility index (Phi) is 3.36. The number of benzene rings is 1. The number of nitrogens with zero attached hydrogens (tertiary/aromatic N) is 1. The van der Waals surface area contributed by atoms with Crippen LogP contribution in [0, 0.1) is 0 Å². The first-order valence-corrected chi connectivity index (χ1v) is 6.53. The Balaban J connectivity index is 2.32. The highest BCUT2D eigenvalue weighted by Crippen LogP contribution is 2.25. The number of alkyl halides is 1. The molecular weight excluding hydrogens is 286 g/mol. The van der Waals surface area contributed by atoms with Gasteiger partial charge in [-0.1, -0.05) is 39.3 Å². The summed E-state index contributed by atoms with van der Waals surface area (Å²) in [6, 6.07) is 5.44. The summed E-state index contributed by atoms with van der Waals surface area (Å²) in [5.41, 5.74) is 1.60. The lowest BCUT2D eigenvalue weighted by atomic mass is 10.3. The van der Waals surface area contributed by atoms with Gasteiger partial charge in [0.15, 0.2) is 5.58 Å². The van der Waals surface area contributed by atoms with Crippen molar-refractivity contribution in [2.24, 2.45) is 0 Å². The molecule has 0 aliphatic heterocycles. The van der Waals surface area contributed by atoms with Crippen LogP contribution in [0.3, 0.4) is 0 Å². The molecule has 5 heteroatoms. The third kappa shape index (κ3) is 2.24. The Labute approximate surface area is 99.2 Å². The van der Waals surface area contributed by atoms with E-state index in [0.29, 0.717) is 10.2 Å². The van der Waals surface area contributed by atoms with Crippen LogP contribution in [0.4, 0.5) is 0 Å². The normalized spacial score (nSPS) is 11.0. The van der Waals surface area contributed by atoms with E-state index in [1.165, 1.54) is 0 Å². The minimum Gasteiger partial charge on any atom is -0.431 e. The van der Waals surface area contributed by atoms with E-state index in [4.69, 9.17) is 16.0 Å². The van der Waals surface area contributed by atoms with Gasteiger partial charge < -0.3 is 4.42 Å². The molecule has 0 fully saturated rings. The fourth-order valence-corrected chi connectivity index (χ4v) is 2.28. The lowest BCUT2D eigenvalue weighted by Crippen LogP contribution is -1.77. The van der Waals surface area contributed by atoms with Crippen molar-refractivity contribution in [2.75, 3.05) is 11.1 Å². The van der Waals surface area contributed by atoms with Crippen LogP contribution in [-0.4, -0.2) is 16.1 Å². The van der Waals surface area contributed by atoms with Crippen LogP contribution in [0.25, 0.3) is 11.1 Å². The van der Waals surface area contributed by atoms with E-state index in [0.717, 1.165) is 22.2 Å². The third-order valence-electron chi connectivity index (χ3n) is 1.63. The van der Waals surface area contributed by atoms with Crippen molar-refractivity contribution in [2.45, 2.75) is 5.22 Å². The Bertz CT molecular complexity index is 445. The fraction of sp³-hybridized carbons (Fsp3) is 0.222. The summed E-state index contributed by atoms with van der Waals surface area (Å²) < 4.78 is 5.50. The molecule has 0 amide bonds. The molecule has 74 valence electrons. The van der Waals surface area contributed by atoms with Crippen molar-refractivity contribution in [3.63, 3.8) is 0 Å². The summed E-state index contributed by atoms with van der Waals surface area (Å²) in [4.78, 5) is 4.30. The summed E-state index contributed by atoms with van der Waals surface area (Å²) in [7, 11) is 0. The SMILES string of the molecule is Clc1ccc2oc(SCCBr)nc2c1. The number of hydrogen-bond donors (Lipinski definition) is 0. The van der Waals surface area contributed by atoms with Crippen LogP contribution in [-0.2, 0) is 0 Å². The zero-order valence-electron chi connectivity index (χ0n) is 7.17. The topological polar surface area (TPSA) is 26.0 Å². The van der Waals surface area contributed by atoms with Gasteiger partial charge in [-0.3, -0.25) is 0 Å². The number of thioether (sulfide) groups is 1. The molecule has 2 nitrogen and oxygen atoms in total. The molecule has 0 unspecified atom stereocenters. The van der Waals surface area contributed by atoms with Crippen molar-refractivity contribution >= 4 is 50.4 Å². The third-order valence-corrected chi connectivity index (χ3v) is 3.62. The van der Waals surface area contributed by atoms with Crippen LogP contribution < -0.4 is 0 Å². The second-order valence-electron chi connectivity index (χ2n) is 2.63. The molecule has 2 rings (SSSR count). The first-order valence-electron chi connectivity index (χ1n) is 4.04. The summed E-state index contributed by atoms with van der Waals surface area (Å²) >= 11 is 10.8. The monoisotopic (exact) mass is 291 g/mol. The molecule has 0 bridgehead atoms. The first kappa shape index (κ1) is 10.3. The molecule has 0 atom stereocenters. The lowest BCUT2D eigenvalue weighted by molar-refractivity contribution is 0.489. The van der Waals surface area contributed by atoms with Crippen molar-refractivity contribution in [3.05, 3.63) is 23.2 Å². The zero-order chi connectivity index (χ0) is 9.97. The van der Waals surface area contributed by atoms with Gasteiger partial charge in [-0.05, 0) is 18.2 Å². The molecule has 2 aromatic rings. The van der Waals surface area contributed by atoms with Gasteiger partial charge in [-0.15, -0.1) is 0 Å². The molecule has 1 aromatic carbocycles. The minimum absolute atomic E-state index is 0.683. The minimum atomic E-state index is 0.683. The van der Waals surface area contributed by atoms with Gasteiger partial charge >= 0.3 is 0 Å². The van der Waals surface area contributed by atoms with E-state index in [1.807, 2.05) is 6.07 Å². The standard InChI is InChI=1S/C9H7BrClNOS/c10-3-4-14-9-12-7-5-6(11)1-2-8(7)13-9/h1-2,5H,3-4H2. The van der Waals surface area contributed by atoms with Crippen LogP contribution in [0.2, 0.25) is 5.02 Å². The van der Waals surface area contributed by atoms with Gasteiger partial charge in [0, 0.05) is 16.1 Å². The quantitative estimate of drug-likeness (QED) is 0.632. The fourth-order valence-electron chi connectivity index (χ4n) is 1.07.